The van der Waals surface area contributed by atoms with Crippen molar-refractivity contribution in [2.45, 2.75) is 25.7 Å². The lowest BCUT2D eigenvalue weighted by Gasteiger charge is -2.12. The topological polar surface area (TPSA) is 0 Å². The molecule has 0 atom stereocenters. The zero-order valence-electron chi connectivity index (χ0n) is 10.0. The van der Waals surface area contributed by atoms with E-state index in [-0.39, 0.29) is 0 Å². The standard InChI is InChI=1S/C16H14I2/c17-15-9-11-1-2-12-4-6-14(16(18)10-12)8-7-13(15)5-3-11/h3-6,9-10H,1-2,7-8H2. The summed E-state index contributed by atoms with van der Waals surface area (Å²) in [6, 6.07) is 14.0. The van der Waals surface area contributed by atoms with E-state index in [2.05, 4.69) is 81.6 Å². The molecule has 0 aliphatic heterocycles. The van der Waals surface area contributed by atoms with E-state index < -0.39 is 0 Å². The Morgan fingerprint density at radius 3 is 1.44 bits per heavy atom. The molecule has 0 unspecified atom stereocenters. The van der Waals surface area contributed by atoms with Gasteiger partial charge in [0.25, 0.3) is 0 Å². The Morgan fingerprint density at radius 1 is 0.611 bits per heavy atom. The van der Waals surface area contributed by atoms with Crippen LogP contribution in [-0.4, -0.2) is 0 Å². The van der Waals surface area contributed by atoms with E-state index in [4.69, 9.17) is 0 Å². The average Bonchev–Trinajstić information content (AvgIpc) is 2.34. The van der Waals surface area contributed by atoms with Gasteiger partial charge in [-0.25, -0.2) is 0 Å². The number of halogens is 2. The van der Waals surface area contributed by atoms with Gasteiger partial charge in [0.05, 0.1) is 0 Å². The van der Waals surface area contributed by atoms with Gasteiger partial charge in [-0.05, 0) is 105 Å². The summed E-state index contributed by atoms with van der Waals surface area (Å²) in [7, 11) is 0. The lowest BCUT2D eigenvalue weighted by molar-refractivity contribution is 0.911. The molecule has 0 saturated carbocycles. The normalized spacial score (nSPS) is 14.3. The molecule has 2 aromatic carbocycles. The minimum Gasteiger partial charge on any atom is -0.0587 e. The number of hydrogen-bond donors (Lipinski definition) is 0. The quantitative estimate of drug-likeness (QED) is 0.497. The number of hydrogen-bond acceptors (Lipinski definition) is 0. The van der Waals surface area contributed by atoms with Crippen LogP contribution in [0.1, 0.15) is 22.3 Å². The fraction of sp³-hybridized carbons (Fsp3) is 0.250. The van der Waals surface area contributed by atoms with E-state index >= 15 is 0 Å². The molecule has 0 spiro atoms. The van der Waals surface area contributed by atoms with Crippen molar-refractivity contribution in [1.82, 2.24) is 0 Å². The molecule has 18 heavy (non-hydrogen) atoms. The molecule has 0 radical (unpaired) electrons. The molecule has 92 valence electrons. The molecule has 4 aliphatic carbocycles. The molecule has 2 heteroatoms. The van der Waals surface area contributed by atoms with E-state index in [0.717, 1.165) is 25.7 Å². The van der Waals surface area contributed by atoms with Gasteiger partial charge in [-0.3, -0.25) is 0 Å². The molecule has 2 aromatic rings. The molecule has 0 aromatic heterocycles. The maximum Gasteiger partial charge on any atom is 0.0165 e. The molecule has 4 aliphatic rings. The largest absolute Gasteiger partial charge is 0.0587 e. The molecule has 0 amide bonds. The average molecular weight is 460 g/mol. The molecular formula is C16H14I2. The predicted octanol–water partition coefficient (Wildman–Crippen LogP) is 4.78. The Hall–Kier alpha value is -0.100. The van der Waals surface area contributed by atoms with Crippen molar-refractivity contribution < 1.29 is 0 Å². The Kier molecular flexibility index (Phi) is 3.94. The van der Waals surface area contributed by atoms with Crippen molar-refractivity contribution in [3.8, 4) is 0 Å². The molecule has 0 fully saturated rings. The summed E-state index contributed by atoms with van der Waals surface area (Å²) < 4.78 is 2.85. The van der Waals surface area contributed by atoms with Gasteiger partial charge in [0.2, 0.25) is 0 Å². The summed E-state index contributed by atoms with van der Waals surface area (Å²) >= 11 is 4.96. The maximum absolute atomic E-state index is 2.48. The second-order valence-corrected chi connectivity index (χ2v) is 7.18. The highest BCUT2D eigenvalue weighted by atomic mass is 127. The van der Waals surface area contributed by atoms with Crippen molar-refractivity contribution in [2.24, 2.45) is 0 Å². The highest BCUT2D eigenvalue weighted by Crippen LogP contribution is 2.23. The van der Waals surface area contributed by atoms with Gasteiger partial charge < -0.3 is 0 Å². The van der Waals surface area contributed by atoms with Crippen molar-refractivity contribution >= 4 is 45.2 Å². The molecule has 0 nitrogen and oxygen atoms in total. The van der Waals surface area contributed by atoms with Gasteiger partial charge in [-0.1, -0.05) is 24.3 Å². The van der Waals surface area contributed by atoms with Crippen LogP contribution in [0.15, 0.2) is 36.4 Å². The Balaban J connectivity index is 2.04. The SMILES string of the molecule is Ic1cc2ccc1CCc1ccc(cc1I)CC2. The third kappa shape index (κ3) is 2.74. The highest BCUT2D eigenvalue weighted by Gasteiger charge is 2.08. The number of rotatable bonds is 0. The lowest BCUT2D eigenvalue weighted by Crippen LogP contribution is -2.01. The van der Waals surface area contributed by atoms with Gasteiger partial charge in [-0.2, -0.15) is 0 Å². The summed E-state index contributed by atoms with van der Waals surface area (Å²) in [6.45, 7) is 0. The Labute approximate surface area is 135 Å². The van der Waals surface area contributed by atoms with E-state index in [9.17, 15) is 0 Å². The first-order valence-corrected chi connectivity index (χ1v) is 8.43. The first kappa shape index (κ1) is 12.9. The van der Waals surface area contributed by atoms with E-state index in [1.165, 1.54) is 29.4 Å². The summed E-state index contributed by atoms with van der Waals surface area (Å²) in [5.41, 5.74) is 5.89. The fourth-order valence-electron chi connectivity index (χ4n) is 2.46. The van der Waals surface area contributed by atoms with Crippen LogP contribution in [0.2, 0.25) is 0 Å². The monoisotopic (exact) mass is 460 g/mol. The van der Waals surface area contributed by atoms with Crippen LogP contribution in [0.25, 0.3) is 0 Å². The number of aryl methyl sites for hydroxylation is 4. The summed E-state index contributed by atoms with van der Waals surface area (Å²) in [4.78, 5) is 0. The van der Waals surface area contributed by atoms with Crippen LogP contribution < -0.4 is 0 Å². The van der Waals surface area contributed by atoms with Gasteiger partial charge in [0, 0.05) is 7.14 Å². The van der Waals surface area contributed by atoms with Crippen LogP contribution >= 0.6 is 45.2 Å². The maximum atomic E-state index is 2.48. The van der Waals surface area contributed by atoms with E-state index in [1.807, 2.05) is 0 Å². The fourth-order valence-corrected chi connectivity index (χ4v) is 4.16. The lowest BCUT2D eigenvalue weighted by atomic mass is 9.97. The molecular weight excluding hydrogens is 446 g/mol. The minimum atomic E-state index is 1.14. The van der Waals surface area contributed by atoms with Gasteiger partial charge in [-0.15, -0.1) is 0 Å². The molecule has 0 heterocycles. The first-order chi connectivity index (χ1) is 8.72. The van der Waals surface area contributed by atoms with Crippen LogP contribution in [0.4, 0.5) is 0 Å². The van der Waals surface area contributed by atoms with Crippen molar-refractivity contribution in [1.29, 1.82) is 0 Å². The van der Waals surface area contributed by atoms with Crippen LogP contribution in [0, 0.1) is 7.14 Å². The van der Waals surface area contributed by atoms with E-state index in [0.29, 0.717) is 0 Å². The third-order valence-electron chi connectivity index (χ3n) is 3.60. The smallest absolute Gasteiger partial charge is 0.0165 e. The van der Waals surface area contributed by atoms with Crippen LogP contribution in [0.5, 0.6) is 0 Å². The second kappa shape index (κ2) is 5.49. The Bertz CT molecular complexity index is 534. The summed E-state index contributed by atoms with van der Waals surface area (Å²) in [5.74, 6) is 0. The summed E-state index contributed by atoms with van der Waals surface area (Å²) in [6.07, 6.45) is 4.58. The predicted molar refractivity (Wildman–Crippen MR) is 93.1 cm³/mol. The van der Waals surface area contributed by atoms with Gasteiger partial charge in [0.1, 0.15) is 0 Å². The second-order valence-electron chi connectivity index (χ2n) is 4.85. The Morgan fingerprint density at radius 2 is 1.06 bits per heavy atom. The molecule has 4 bridgehead atoms. The summed E-state index contributed by atoms with van der Waals surface area (Å²) in [5, 5.41) is 0. The number of benzene rings is 2. The zero-order valence-corrected chi connectivity index (χ0v) is 14.4. The van der Waals surface area contributed by atoms with E-state index in [1.54, 1.807) is 0 Å². The van der Waals surface area contributed by atoms with Crippen LogP contribution in [-0.2, 0) is 25.7 Å². The first-order valence-electron chi connectivity index (χ1n) is 6.27. The third-order valence-corrected chi connectivity index (χ3v) is 5.61. The van der Waals surface area contributed by atoms with Crippen molar-refractivity contribution in [3.63, 3.8) is 0 Å². The van der Waals surface area contributed by atoms with Crippen molar-refractivity contribution in [3.05, 3.63) is 65.8 Å². The van der Waals surface area contributed by atoms with Gasteiger partial charge >= 0.3 is 0 Å². The molecule has 6 rings (SSSR count). The highest BCUT2D eigenvalue weighted by molar-refractivity contribution is 14.1. The molecule has 0 N–H and O–H groups in total. The minimum absolute atomic E-state index is 1.14. The van der Waals surface area contributed by atoms with Crippen LogP contribution in [0.3, 0.4) is 0 Å². The van der Waals surface area contributed by atoms with Gasteiger partial charge in [0.15, 0.2) is 0 Å². The zero-order chi connectivity index (χ0) is 12.5. The molecule has 0 saturated heterocycles. The van der Waals surface area contributed by atoms with Crippen molar-refractivity contribution in [2.75, 3.05) is 0 Å².